The van der Waals surface area contributed by atoms with Gasteiger partial charge >= 0.3 is 0 Å². The molecule has 1 aromatic carbocycles. The van der Waals surface area contributed by atoms with Gasteiger partial charge in [-0.25, -0.2) is 9.50 Å². The first-order valence-corrected chi connectivity index (χ1v) is 10.3. The zero-order valence-electron chi connectivity index (χ0n) is 16.1. The summed E-state index contributed by atoms with van der Waals surface area (Å²) in [5.74, 6) is 0. The van der Waals surface area contributed by atoms with E-state index >= 15 is 0 Å². The molecule has 1 aliphatic heterocycles. The molecule has 0 N–H and O–H groups in total. The van der Waals surface area contributed by atoms with Gasteiger partial charge in [-0.05, 0) is 43.0 Å². The summed E-state index contributed by atoms with van der Waals surface area (Å²) in [6.07, 6.45) is 6.41. The molecule has 0 bridgehead atoms. The van der Waals surface area contributed by atoms with Crippen LogP contribution in [0.1, 0.15) is 25.5 Å². The minimum Gasteiger partial charge on any atom is -0.376 e. The molecule has 3 aromatic heterocycles. The monoisotopic (exact) mass is 408 g/mol. The van der Waals surface area contributed by atoms with Crippen LogP contribution in [0.4, 0.5) is 0 Å². The van der Waals surface area contributed by atoms with Crippen molar-refractivity contribution in [1.29, 1.82) is 0 Å². The molecule has 0 saturated carbocycles. The van der Waals surface area contributed by atoms with Crippen molar-refractivity contribution in [1.82, 2.24) is 19.2 Å². The summed E-state index contributed by atoms with van der Waals surface area (Å²) in [6.45, 7) is 3.41. The number of aromatic nitrogens is 4. The van der Waals surface area contributed by atoms with Gasteiger partial charge in [-0.2, -0.15) is 5.10 Å². The number of halogens is 1. The fourth-order valence-corrected chi connectivity index (χ4v) is 4.19. The van der Waals surface area contributed by atoms with E-state index in [1.807, 2.05) is 36.5 Å². The van der Waals surface area contributed by atoms with Gasteiger partial charge in [0.25, 0.3) is 5.56 Å². The van der Waals surface area contributed by atoms with Crippen molar-refractivity contribution in [3.05, 3.63) is 63.8 Å². The Bertz CT molecular complexity index is 1250. The van der Waals surface area contributed by atoms with Crippen molar-refractivity contribution in [3.8, 4) is 11.1 Å². The van der Waals surface area contributed by atoms with Crippen LogP contribution in [-0.4, -0.2) is 31.9 Å². The van der Waals surface area contributed by atoms with Crippen molar-refractivity contribution < 1.29 is 4.74 Å². The third-order valence-corrected chi connectivity index (χ3v) is 5.80. The molecule has 0 amide bonds. The lowest BCUT2D eigenvalue weighted by molar-refractivity contribution is 0.0963. The van der Waals surface area contributed by atoms with E-state index in [4.69, 9.17) is 21.4 Å². The quantitative estimate of drug-likeness (QED) is 0.510. The molecule has 6 nitrogen and oxygen atoms in total. The second-order valence-corrected chi connectivity index (χ2v) is 7.82. The van der Waals surface area contributed by atoms with Crippen LogP contribution >= 0.6 is 11.6 Å². The number of hydrogen-bond acceptors (Lipinski definition) is 4. The Hall–Kier alpha value is -2.70. The van der Waals surface area contributed by atoms with E-state index in [2.05, 4.69) is 11.9 Å². The van der Waals surface area contributed by atoms with E-state index in [1.165, 1.54) is 0 Å². The molecule has 1 saturated heterocycles. The minimum absolute atomic E-state index is 0.0611. The van der Waals surface area contributed by atoms with Gasteiger partial charge in [-0.1, -0.05) is 30.7 Å². The summed E-state index contributed by atoms with van der Waals surface area (Å²) in [4.78, 5) is 17.7. The molecule has 1 aliphatic rings. The van der Waals surface area contributed by atoms with Crippen molar-refractivity contribution in [2.75, 3.05) is 6.61 Å². The molecule has 1 unspecified atom stereocenters. The van der Waals surface area contributed by atoms with Gasteiger partial charge in [0.2, 0.25) is 0 Å². The van der Waals surface area contributed by atoms with E-state index in [0.717, 1.165) is 53.9 Å². The molecular weight excluding hydrogens is 388 g/mol. The average Bonchev–Trinajstić information content (AvgIpc) is 3.38. The summed E-state index contributed by atoms with van der Waals surface area (Å²) in [6, 6.07) is 9.63. The van der Waals surface area contributed by atoms with Gasteiger partial charge in [-0.15, -0.1) is 0 Å². The maximum Gasteiger partial charge on any atom is 0.261 e. The summed E-state index contributed by atoms with van der Waals surface area (Å²) in [7, 11) is 0. The van der Waals surface area contributed by atoms with Gasteiger partial charge in [0, 0.05) is 29.6 Å². The lowest BCUT2D eigenvalue weighted by atomic mass is 10.0. The van der Waals surface area contributed by atoms with Gasteiger partial charge in [0.05, 0.1) is 29.2 Å². The first-order valence-electron chi connectivity index (χ1n) is 9.93. The molecule has 1 fully saturated rings. The molecule has 5 rings (SSSR count). The second kappa shape index (κ2) is 7.28. The SMILES string of the molecule is CCc1nn2c(ncc3c(=O)n(CC4CCCO4)ccc32)c1-c1ccc(Cl)cc1. The van der Waals surface area contributed by atoms with Crippen LogP contribution in [-0.2, 0) is 17.7 Å². The van der Waals surface area contributed by atoms with Crippen molar-refractivity contribution in [3.63, 3.8) is 0 Å². The fraction of sp³-hybridized carbons (Fsp3) is 0.318. The number of hydrogen-bond donors (Lipinski definition) is 0. The summed E-state index contributed by atoms with van der Waals surface area (Å²) < 4.78 is 9.19. The molecule has 0 aliphatic carbocycles. The molecule has 4 aromatic rings. The zero-order chi connectivity index (χ0) is 20.0. The highest BCUT2D eigenvalue weighted by Gasteiger charge is 2.20. The minimum atomic E-state index is -0.0611. The molecule has 29 heavy (non-hydrogen) atoms. The molecule has 4 heterocycles. The lowest BCUT2D eigenvalue weighted by Gasteiger charge is -2.12. The zero-order valence-corrected chi connectivity index (χ0v) is 16.9. The highest BCUT2D eigenvalue weighted by molar-refractivity contribution is 6.30. The van der Waals surface area contributed by atoms with Gasteiger partial charge in [0.15, 0.2) is 5.65 Å². The number of ether oxygens (including phenoxy) is 1. The number of benzene rings is 1. The van der Waals surface area contributed by atoms with Crippen molar-refractivity contribution in [2.24, 2.45) is 0 Å². The van der Waals surface area contributed by atoms with Gasteiger partial charge < -0.3 is 9.30 Å². The smallest absolute Gasteiger partial charge is 0.261 e. The molecule has 0 spiro atoms. The highest BCUT2D eigenvalue weighted by Crippen LogP contribution is 2.30. The Kier molecular flexibility index (Phi) is 4.60. The summed E-state index contributed by atoms with van der Waals surface area (Å²) in [5.41, 5.74) is 4.38. The molecule has 1 atom stereocenters. The van der Waals surface area contributed by atoms with Crippen molar-refractivity contribution >= 4 is 28.2 Å². The van der Waals surface area contributed by atoms with Crippen LogP contribution in [0.2, 0.25) is 5.02 Å². The molecule has 0 radical (unpaired) electrons. The number of fused-ring (bicyclic) bond motifs is 3. The van der Waals surface area contributed by atoms with Gasteiger partial charge in [0.1, 0.15) is 0 Å². The summed E-state index contributed by atoms with van der Waals surface area (Å²) >= 11 is 6.05. The van der Waals surface area contributed by atoms with E-state index in [-0.39, 0.29) is 11.7 Å². The van der Waals surface area contributed by atoms with Crippen LogP contribution in [0.5, 0.6) is 0 Å². The first-order chi connectivity index (χ1) is 14.2. The standard InChI is InChI=1S/C22H21ClN4O2/c1-2-18-20(14-5-7-15(23)8-6-14)21-24-12-17-19(27(21)25-18)9-10-26(22(17)28)13-16-4-3-11-29-16/h5-10,12,16H,2-4,11,13H2,1H3. The van der Waals surface area contributed by atoms with E-state index < -0.39 is 0 Å². The molecular formula is C22H21ClN4O2. The van der Waals surface area contributed by atoms with Gasteiger partial charge in [-0.3, -0.25) is 4.79 Å². The van der Waals surface area contributed by atoms with Crippen LogP contribution in [0.25, 0.3) is 27.7 Å². The van der Waals surface area contributed by atoms with Crippen LogP contribution in [0.15, 0.2) is 47.5 Å². The van der Waals surface area contributed by atoms with E-state index in [0.29, 0.717) is 17.0 Å². The lowest BCUT2D eigenvalue weighted by Crippen LogP contribution is -2.26. The fourth-order valence-electron chi connectivity index (χ4n) is 4.07. The van der Waals surface area contributed by atoms with E-state index in [1.54, 1.807) is 15.3 Å². The first kappa shape index (κ1) is 18.3. The van der Waals surface area contributed by atoms with Crippen LogP contribution in [0, 0.1) is 0 Å². The Morgan fingerprint density at radius 3 is 2.79 bits per heavy atom. The maximum atomic E-state index is 13.0. The van der Waals surface area contributed by atoms with E-state index in [9.17, 15) is 4.79 Å². The van der Waals surface area contributed by atoms with Crippen molar-refractivity contribution in [2.45, 2.75) is 38.8 Å². The Labute approximate surface area is 172 Å². The molecule has 7 heteroatoms. The average molecular weight is 409 g/mol. The number of pyridine rings is 1. The predicted octanol–water partition coefficient (Wildman–Crippen LogP) is 4.11. The molecule has 148 valence electrons. The topological polar surface area (TPSA) is 61.4 Å². The third-order valence-electron chi connectivity index (χ3n) is 5.55. The summed E-state index contributed by atoms with van der Waals surface area (Å²) in [5, 5.41) is 6.03. The second-order valence-electron chi connectivity index (χ2n) is 7.38. The highest BCUT2D eigenvalue weighted by atomic mass is 35.5. The Balaban J connectivity index is 1.68. The number of rotatable bonds is 4. The predicted molar refractivity (Wildman–Crippen MR) is 114 cm³/mol. The normalized spacial score (nSPS) is 16.8. The number of aryl methyl sites for hydroxylation is 1. The Morgan fingerprint density at radius 1 is 1.24 bits per heavy atom. The maximum absolute atomic E-state index is 13.0. The van der Waals surface area contributed by atoms with Crippen LogP contribution < -0.4 is 5.56 Å². The third kappa shape index (κ3) is 3.12. The van der Waals surface area contributed by atoms with Crippen LogP contribution in [0.3, 0.4) is 0 Å². The Morgan fingerprint density at radius 2 is 2.07 bits per heavy atom. The number of nitrogens with zero attached hydrogens (tertiary/aromatic N) is 4. The largest absolute Gasteiger partial charge is 0.376 e.